The predicted octanol–water partition coefficient (Wildman–Crippen LogP) is -1.40. The summed E-state index contributed by atoms with van der Waals surface area (Å²) in [5.74, 6) is -0.0131. The number of nitrogen functional groups attached to an aromatic ring is 1. The third kappa shape index (κ3) is 4.20. The summed E-state index contributed by atoms with van der Waals surface area (Å²) < 4.78 is 37.4. The fourth-order valence-electron chi connectivity index (χ4n) is 2.61. The molecule has 4 atom stereocenters. The maximum absolute atomic E-state index is 11.2. The number of rotatable bonds is 6. The summed E-state index contributed by atoms with van der Waals surface area (Å²) in [6.07, 6.45) is -3.23. The number of nitrogens with zero attached hydrogens (tertiary/aromatic N) is 4. The minimum atomic E-state index is -5.16. The molecule has 3 rings (SSSR count). The molecular weight excluding hydrogens is 448 g/mol. The lowest BCUT2D eigenvalue weighted by Gasteiger charge is -2.27. The Labute approximate surface area is 160 Å². The topological polar surface area (TPSA) is 233 Å². The molecule has 7 N–H and O–H groups in total. The van der Waals surface area contributed by atoms with Crippen LogP contribution in [0.15, 0.2) is 12.7 Å². The third-order valence-electron chi connectivity index (χ3n) is 3.72. The highest BCUT2D eigenvalue weighted by Gasteiger charge is 2.58. The lowest BCUT2D eigenvalue weighted by Crippen LogP contribution is -2.42. The Kier molecular flexibility index (Phi) is 5.55. The van der Waals surface area contributed by atoms with Crippen LogP contribution in [0, 0.1) is 0 Å². The highest BCUT2D eigenvalue weighted by atomic mass is 35.5. The van der Waals surface area contributed by atoms with E-state index in [-0.39, 0.29) is 17.0 Å². The Morgan fingerprint density at radius 2 is 1.93 bits per heavy atom. The van der Waals surface area contributed by atoms with Gasteiger partial charge in [-0.25, -0.2) is 24.1 Å². The number of aromatic nitrogens is 4. The Bertz CT molecular complexity index is 979. The van der Waals surface area contributed by atoms with Crippen LogP contribution in [-0.2, 0) is 28.1 Å². The zero-order chi connectivity index (χ0) is 20.9. The largest absolute Gasteiger partial charge is 0.470 e. The van der Waals surface area contributed by atoms with Crippen LogP contribution in [0.2, 0.25) is 0 Å². The van der Waals surface area contributed by atoms with Crippen molar-refractivity contribution in [1.82, 2.24) is 19.5 Å². The van der Waals surface area contributed by atoms with Crippen LogP contribution in [0.5, 0.6) is 0 Å². The molecule has 1 aliphatic heterocycles. The van der Waals surface area contributed by atoms with Crippen molar-refractivity contribution in [2.45, 2.75) is 23.5 Å². The molecule has 156 valence electrons. The first-order chi connectivity index (χ1) is 12.8. The van der Waals surface area contributed by atoms with Gasteiger partial charge < -0.3 is 35.2 Å². The van der Waals surface area contributed by atoms with E-state index in [0.717, 1.165) is 17.2 Å². The molecule has 1 fully saturated rings. The monoisotopic (exact) mass is 461 g/mol. The van der Waals surface area contributed by atoms with Gasteiger partial charge in [-0.2, -0.15) is 0 Å². The Morgan fingerprint density at radius 1 is 1.25 bits per heavy atom. The van der Waals surface area contributed by atoms with E-state index in [9.17, 15) is 14.2 Å². The summed E-state index contributed by atoms with van der Waals surface area (Å²) in [6.45, 7) is -0.912. The van der Waals surface area contributed by atoms with Gasteiger partial charge in [0.05, 0.1) is 6.61 Å². The lowest BCUT2D eigenvalue weighted by atomic mass is 10.1. The maximum Gasteiger partial charge on any atom is 0.470 e. The van der Waals surface area contributed by atoms with Crippen molar-refractivity contribution in [2.75, 3.05) is 12.3 Å². The summed E-state index contributed by atoms with van der Waals surface area (Å²) >= 11 is 6.35. The number of halogens is 1. The summed E-state index contributed by atoms with van der Waals surface area (Å²) in [6, 6.07) is 0. The quantitative estimate of drug-likeness (QED) is 0.214. The molecule has 3 heterocycles. The number of aliphatic hydroxyl groups excluding tert-OH is 1. The van der Waals surface area contributed by atoms with E-state index < -0.39 is 45.7 Å². The normalized spacial score (nSPS) is 28.9. The molecule has 0 bridgehead atoms. The van der Waals surface area contributed by atoms with Gasteiger partial charge in [-0.1, -0.05) is 11.6 Å². The number of ether oxygens (including phenoxy) is 1. The Morgan fingerprint density at radius 3 is 2.54 bits per heavy atom. The van der Waals surface area contributed by atoms with E-state index in [1.165, 1.54) is 0 Å². The van der Waals surface area contributed by atoms with Crippen molar-refractivity contribution in [2.24, 2.45) is 0 Å². The van der Waals surface area contributed by atoms with Crippen molar-refractivity contribution in [1.29, 1.82) is 0 Å². The van der Waals surface area contributed by atoms with Crippen molar-refractivity contribution >= 4 is 44.2 Å². The van der Waals surface area contributed by atoms with Crippen LogP contribution in [0.25, 0.3) is 11.2 Å². The van der Waals surface area contributed by atoms with Crippen LogP contribution in [0.1, 0.15) is 0 Å². The molecule has 0 aromatic carbocycles. The first-order valence-corrected chi connectivity index (χ1v) is 10.7. The van der Waals surface area contributed by atoms with Gasteiger partial charge in [-0.3, -0.25) is 13.6 Å². The van der Waals surface area contributed by atoms with Gasteiger partial charge in [0.1, 0.15) is 36.5 Å². The molecule has 18 heteroatoms. The fraction of sp³-hybridized carbons (Fsp3) is 0.500. The van der Waals surface area contributed by atoms with Crippen molar-refractivity contribution in [3.05, 3.63) is 12.7 Å². The average molecular weight is 462 g/mol. The molecule has 2 aromatic heterocycles. The minimum absolute atomic E-state index is 0.00744. The molecule has 0 saturated carbocycles. The second-order valence-corrected chi connectivity index (χ2v) is 8.58. The van der Waals surface area contributed by atoms with E-state index in [0.29, 0.717) is 0 Å². The van der Waals surface area contributed by atoms with Gasteiger partial charge in [-0.05, 0) is 0 Å². The zero-order valence-electron chi connectivity index (χ0n) is 13.5. The standard InChI is InChI=1S/C10H14ClN5O10P2/c11-10(16-3-15-5-8(12)13-2-14-9(5)16)7(17)6(26-28(21,22)23)4(25-10)1-24-27(18,19)20/h2-4,6-7,17H,1H2,(H2,12,13,14)(H2,18,19,20)(H2,21,22,23)/t4-,6-,7-,10+/m1/s1. The first-order valence-electron chi connectivity index (χ1n) is 7.24. The van der Waals surface area contributed by atoms with E-state index in [2.05, 4.69) is 24.0 Å². The number of anilines is 1. The smallest absolute Gasteiger partial charge is 0.384 e. The molecular formula is C10H14ClN5O10P2. The Balaban J connectivity index is 2.01. The van der Waals surface area contributed by atoms with Gasteiger partial charge in [0, 0.05) is 0 Å². The number of aliphatic hydroxyl groups is 1. The van der Waals surface area contributed by atoms with Crippen LogP contribution in [0.3, 0.4) is 0 Å². The number of hydrogen-bond donors (Lipinski definition) is 6. The average Bonchev–Trinajstić information content (AvgIpc) is 3.08. The third-order valence-corrected chi connectivity index (χ3v) is 5.21. The molecule has 15 nitrogen and oxygen atoms in total. The van der Waals surface area contributed by atoms with E-state index in [1.807, 2.05) is 0 Å². The number of nitrogens with two attached hydrogens (primary N) is 1. The van der Waals surface area contributed by atoms with Crippen LogP contribution >= 0.6 is 27.2 Å². The first kappa shape index (κ1) is 21.5. The highest BCUT2D eigenvalue weighted by Crippen LogP contribution is 2.49. The molecule has 0 aliphatic carbocycles. The second kappa shape index (κ2) is 7.23. The SMILES string of the molecule is Nc1ncnc2c1ncn2[C@]1(Cl)O[C@H](COP(=O)(O)O)[C@@H](OP(=O)(O)O)[C@H]1O. The van der Waals surface area contributed by atoms with E-state index >= 15 is 0 Å². The number of hydrogen-bond acceptors (Lipinski definition) is 10. The van der Waals surface area contributed by atoms with Crippen LogP contribution in [0.4, 0.5) is 5.82 Å². The highest BCUT2D eigenvalue weighted by molar-refractivity contribution is 7.46. The van der Waals surface area contributed by atoms with E-state index in [4.69, 9.17) is 41.6 Å². The van der Waals surface area contributed by atoms with E-state index in [1.54, 1.807) is 0 Å². The lowest BCUT2D eigenvalue weighted by molar-refractivity contribution is -0.0830. The molecule has 28 heavy (non-hydrogen) atoms. The summed E-state index contributed by atoms with van der Waals surface area (Å²) in [7, 11) is -10.1. The molecule has 1 saturated heterocycles. The van der Waals surface area contributed by atoms with Gasteiger partial charge in [0.2, 0.25) is 0 Å². The number of phosphoric acid groups is 2. The molecule has 0 unspecified atom stereocenters. The number of fused-ring (bicyclic) bond motifs is 1. The minimum Gasteiger partial charge on any atom is -0.384 e. The molecule has 2 aromatic rings. The van der Waals surface area contributed by atoms with Crippen molar-refractivity contribution < 1.29 is 47.6 Å². The Hall–Kier alpha value is -1.22. The van der Waals surface area contributed by atoms with Crippen LogP contribution < -0.4 is 5.73 Å². The predicted molar refractivity (Wildman–Crippen MR) is 89.4 cm³/mol. The summed E-state index contributed by atoms with van der Waals surface area (Å²) in [5.41, 5.74) is 5.78. The molecule has 0 radical (unpaired) electrons. The fourth-order valence-corrected chi connectivity index (χ4v) is 3.89. The molecule has 0 amide bonds. The van der Waals surface area contributed by atoms with Crippen LogP contribution in [-0.4, -0.2) is 69.1 Å². The molecule has 0 spiro atoms. The maximum atomic E-state index is 11.2. The number of imidazole rings is 1. The summed E-state index contributed by atoms with van der Waals surface area (Å²) in [5, 5.41) is 8.29. The van der Waals surface area contributed by atoms with Crippen molar-refractivity contribution in [3.63, 3.8) is 0 Å². The van der Waals surface area contributed by atoms with Gasteiger partial charge in [0.25, 0.3) is 5.18 Å². The zero-order valence-corrected chi connectivity index (χ0v) is 16.1. The summed E-state index contributed by atoms with van der Waals surface area (Å²) in [4.78, 5) is 47.4. The number of alkyl halides is 1. The van der Waals surface area contributed by atoms with Crippen molar-refractivity contribution in [3.8, 4) is 0 Å². The second-order valence-electron chi connectivity index (χ2n) is 5.60. The molecule has 1 aliphatic rings. The van der Waals surface area contributed by atoms with Gasteiger partial charge >= 0.3 is 15.6 Å². The van der Waals surface area contributed by atoms with Gasteiger partial charge in [-0.15, -0.1) is 0 Å². The van der Waals surface area contributed by atoms with Gasteiger partial charge in [0.15, 0.2) is 11.5 Å². The number of phosphoric ester groups is 2.